The minimum atomic E-state index is 0.629. The quantitative estimate of drug-likeness (QED) is 0.373. The molecule has 0 aliphatic heterocycles. The fraction of sp³-hybridized carbons (Fsp3) is 1.00. The molecule has 0 bridgehead atoms. The summed E-state index contributed by atoms with van der Waals surface area (Å²) < 4.78 is 0. The van der Waals surface area contributed by atoms with Crippen LogP contribution < -0.4 is 0 Å². The Morgan fingerprint density at radius 1 is 0.800 bits per heavy atom. The maximum atomic E-state index is 4.25. The maximum Gasteiger partial charge on any atom is -0.00979 e. The van der Waals surface area contributed by atoms with E-state index in [0.717, 1.165) is 5.75 Å². The summed E-state index contributed by atoms with van der Waals surface area (Å²) in [6.07, 6.45) is 12.4. The molecule has 0 amide bonds. The van der Waals surface area contributed by atoms with Gasteiger partial charge >= 0.3 is 0 Å². The van der Waals surface area contributed by atoms with E-state index >= 15 is 0 Å². The number of thiol groups is 1. The molecule has 0 heterocycles. The lowest BCUT2D eigenvalue weighted by Crippen LogP contribution is -2.15. The van der Waals surface area contributed by atoms with Crippen LogP contribution in [0.2, 0.25) is 0 Å². The third-order valence-corrected chi connectivity index (χ3v) is 3.71. The fourth-order valence-corrected chi connectivity index (χ4v) is 2.82. The van der Waals surface area contributed by atoms with Crippen LogP contribution in [0.5, 0.6) is 0 Å². The van der Waals surface area contributed by atoms with Crippen molar-refractivity contribution in [1.29, 1.82) is 0 Å². The predicted molar refractivity (Wildman–Crippen MR) is 74.9 cm³/mol. The van der Waals surface area contributed by atoms with Crippen LogP contribution in [0.4, 0.5) is 0 Å². The number of hydrogen-bond donors (Lipinski definition) is 1. The molecule has 0 aliphatic carbocycles. The third kappa shape index (κ3) is 8.19. The summed E-state index contributed by atoms with van der Waals surface area (Å²) in [5.41, 5.74) is 0.629. The van der Waals surface area contributed by atoms with Gasteiger partial charge in [0.25, 0.3) is 0 Å². The molecule has 92 valence electrons. The van der Waals surface area contributed by atoms with Gasteiger partial charge in [-0.15, -0.1) is 0 Å². The third-order valence-electron chi connectivity index (χ3n) is 3.40. The van der Waals surface area contributed by atoms with Gasteiger partial charge in [0.05, 0.1) is 0 Å². The first-order chi connectivity index (χ1) is 7.18. The molecule has 0 aliphatic rings. The second kappa shape index (κ2) is 9.57. The molecule has 0 nitrogen and oxygen atoms in total. The molecule has 0 unspecified atom stereocenters. The van der Waals surface area contributed by atoms with E-state index in [2.05, 4.69) is 33.4 Å². The van der Waals surface area contributed by atoms with E-state index in [4.69, 9.17) is 0 Å². The average Bonchev–Trinajstić information content (AvgIpc) is 2.18. The molecule has 0 saturated heterocycles. The number of hydrogen-bond acceptors (Lipinski definition) is 1. The summed E-state index contributed by atoms with van der Waals surface area (Å²) in [5, 5.41) is 0. The van der Waals surface area contributed by atoms with Crippen molar-refractivity contribution in [2.75, 3.05) is 5.75 Å². The Morgan fingerprint density at radius 3 is 1.80 bits per heavy atom. The van der Waals surface area contributed by atoms with Crippen LogP contribution in [-0.2, 0) is 0 Å². The molecule has 0 radical (unpaired) electrons. The molecule has 0 rings (SSSR count). The number of rotatable bonds is 10. The van der Waals surface area contributed by atoms with E-state index in [0.29, 0.717) is 5.41 Å². The Balaban J connectivity index is 3.65. The molecule has 0 N–H and O–H groups in total. The van der Waals surface area contributed by atoms with Gasteiger partial charge in [-0.05, 0) is 36.9 Å². The lowest BCUT2D eigenvalue weighted by Gasteiger charge is -2.29. The highest BCUT2D eigenvalue weighted by molar-refractivity contribution is 7.80. The van der Waals surface area contributed by atoms with Gasteiger partial charge in [-0.3, -0.25) is 0 Å². The Hall–Kier alpha value is 0.350. The first kappa shape index (κ1) is 15.3. The van der Waals surface area contributed by atoms with Crippen molar-refractivity contribution in [2.24, 2.45) is 5.41 Å². The molecule has 1 heteroatoms. The predicted octanol–water partition coefficient (Wildman–Crippen LogP) is 5.47. The van der Waals surface area contributed by atoms with Gasteiger partial charge in [-0.25, -0.2) is 0 Å². The van der Waals surface area contributed by atoms with Crippen LogP contribution in [0.15, 0.2) is 0 Å². The van der Waals surface area contributed by atoms with Crippen LogP contribution in [0.1, 0.15) is 78.6 Å². The zero-order chi connectivity index (χ0) is 11.6. The van der Waals surface area contributed by atoms with Crippen molar-refractivity contribution < 1.29 is 0 Å². The molecular weight excluding hydrogens is 200 g/mol. The fourth-order valence-electron chi connectivity index (χ4n) is 2.60. The highest BCUT2D eigenvalue weighted by Gasteiger charge is 2.21. The van der Waals surface area contributed by atoms with E-state index in [-0.39, 0.29) is 0 Å². The molecule has 0 saturated carbocycles. The van der Waals surface area contributed by atoms with Crippen LogP contribution in [0.25, 0.3) is 0 Å². The summed E-state index contributed by atoms with van der Waals surface area (Å²) in [7, 11) is 0. The van der Waals surface area contributed by atoms with Gasteiger partial charge in [0.15, 0.2) is 0 Å². The normalized spacial score (nSPS) is 12.0. The summed E-state index contributed by atoms with van der Waals surface area (Å²) >= 11 is 4.25. The number of unbranched alkanes of at least 4 members (excludes halogenated alkanes) is 3. The van der Waals surface area contributed by atoms with Gasteiger partial charge in [0.1, 0.15) is 0 Å². The molecule has 0 atom stereocenters. The van der Waals surface area contributed by atoms with Crippen molar-refractivity contribution in [3.05, 3.63) is 0 Å². The van der Waals surface area contributed by atoms with E-state index in [1.54, 1.807) is 0 Å². The van der Waals surface area contributed by atoms with Crippen LogP contribution >= 0.6 is 12.6 Å². The summed E-state index contributed by atoms with van der Waals surface area (Å²) in [6, 6.07) is 0. The van der Waals surface area contributed by atoms with Crippen LogP contribution in [-0.4, -0.2) is 5.75 Å². The van der Waals surface area contributed by atoms with Gasteiger partial charge in [-0.1, -0.05) is 52.9 Å². The second-order valence-electron chi connectivity index (χ2n) is 5.20. The van der Waals surface area contributed by atoms with Gasteiger partial charge in [0, 0.05) is 0 Å². The van der Waals surface area contributed by atoms with Crippen molar-refractivity contribution >= 4 is 12.6 Å². The molecule has 0 aromatic rings. The largest absolute Gasteiger partial charge is 0.179 e. The monoisotopic (exact) mass is 230 g/mol. The zero-order valence-corrected chi connectivity index (χ0v) is 11.9. The molecule has 0 aromatic heterocycles. The SMILES string of the molecule is CCCC(C)(CCC)CCCCCCS. The molecular formula is C14H30S. The Bertz CT molecular complexity index is 125. The molecule has 15 heavy (non-hydrogen) atoms. The van der Waals surface area contributed by atoms with Crippen molar-refractivity contribution in [3.63, 3.8) is 0 Å². The van der Waals surface area contributed by atoms with E-state index in [1.807, 2.05) is 0 Å². The lowest BCUT2D eigenvalue weighted by molar-refractivity contribution is 0.235. The minimum absolute atomic E-state index is 0.629. The topological polar surface area (TPSA) is 0 Å². The lowest BCUT2D eigenvalue weighted by atomic mass is 9.77. The molecule has 0 aromatic carbocycles. The van der Waals surface area contributed by atoms with Crippen LogP contribution in [0, 0.1) is 5.41 Å². The van der Waals surface area contributed by atoms with Crippen molar-refractivity contribution in [3.8, 4) is 0 Å². The Morgan fingerprint density at radius 2 is 1.33 bits per heavy atom. The van der Waals surface area contributed by atoms with E-state index in [9.17, 15) is 0 Å². The van der Waals surface area contributed by atoms with Crippen molar-refractivity contribution in [2.45, 2.75) is 78.6 Å². The first-order valence-corrected chi connectivity index (χ1v) is 7.42. The van der Waals surface area contributed by atoms with Gasteiger partial charge < -0.3 is 0 Å². The smallest absolute Gasteiger partial charge is 0.00979 e. The maximum absolute atomic E-state index is 4.25. The second-order valence-corrected chi connectivity index (χ2v) is 5.65. The highest BCUT2D eigenvalue weighted by Crippen LogP contribution is 2.34. The molecule has 0 fully saturated rings. The summed E-state index contributed by atoms with van der Waals surface area (Å²) in [5.74, 6) is 1.06. The van der Waals surface area contributed by atoms with E-state index < -0.39 is 0 Å². The van der Waals surface area contributed by atoms with Gasteiger partial charge in [-0.2, -0.15) is 12.6 Å². The average molecular weight is 230 g/mol. The molecule has 0 spiro atoms. The summed E-state index contributed by atoms with van der Waals surface area (Å²) in [4.78, 5) is 0. The first-order valence-electron chi connectivity index (χ1n) is 6.79. The van der Waals surface area contributed by atoms with Crippen molar-refractivity contribution in [1.82, 2.24) is 0 Å². The minimum Gasteiger partial charge on any atom is -0.179 e. The standard InChI is InChI=1S/C14H30S/c1-4-10-14(3,11-5-2)12-8-6-7-9-13-15/h15H,4-13H2,1-3H3. The van der Waals surface area contributed by atoms with Crippen LogP contribution in [0.3, 0.4) is 0 Å². The van der Waals surface area contributed by atoms with Gasteiger partial charge in [0.2, 0.25) is 0 Å². The zero-order valence-electron chi connectivity index (χ0n) is 11.0. The highest BCUT2D eigenvalue weighted by atomic mass is 32.1. The van der Waals surface area contributed by atoms with E-state index in [1.165, 1.54) is 57.8 Å². The summed E-state index contributed by atoms with van der Waals surface area (Å²) in [6.45, 7) is 7.11. The Labute approximate surface area is 103 Å². The Kier molecular flexibility index (Phi) is 9.79.